The van der Waals surface area contributed by atoms with E-state index in [0.717, 1.165) is 34.9 Å². The SMILES string of the molecule is Cc1cc(-c2ccccc2CCNC(=O)C(F)(F)C(F)(F)F)ccc1[C@H]1CNCC[C@@H]1c1cc(F)cc(F)c1. The van der Waals surface area contributed by atoms with Crippen molar-refractivity contribution in [3.8, 4) is 11.1 Å². The fraction of sp³-hybridized carbons (Fsp3) is 0.345. The van der Waals surface area contributed by atoms with Gasteiger partial charge in [0.15, 0.2) is 0 Å². The second-order valence-corrected chi connectivity index (χ2v) is 9.72. The van der Waals surface area contributed by atoms with Crippen molar-refractivity contribution in [1.82, 2.24) is 10.6 Å². The lowest BCUT2D eigenvalue weighted by Gasteiger charge is -2.34. The predicted molar refractivity (Wildman–Crippen MR) is 134 cm³/mol. The summed E-state index contributed by atoms with van der Waals surface area (Å²) in [5.74, 6) is -9.22. The lowest BCUT2D eigenvalue weighted by molar-refractivity contribution is -0.269. The van der Waals surface area contributed by atoms with Crippen molar-refractivity contribution in [2.24, 2.45) is 0 Å². The van der Waals surface area contributed by atoms with Gasteiger partial charge in [-0.25, -0.2) is 8.78 Å². The maximum absolute atomic E-state index is 13.9. The van der Waals surface area contributed by atoms with E-state index in [1.54, 1.807) is 29.6 Å². The Morgan fingerprint density at radius 3 is 2.31 bits per heavy atom. The van der Waals surface area contributed by atoms with Crippen LogP contribution in [0.15, 0.2) is 60.7 Å². The van der Waals surface area contributed by atoms with E-state index in [4.69, 9.17) is 0 Å². The first-order valence-electron chi connectivity index (χ1n) is 12.5. The molecular weight excluding hydrogens is 525 g/mol. The first kappa shape index (κ1) is 28.6. The summed E-state index contributed by atoms with van der Waals surface area (Å²) in [4.78, 5) is 11.4. The quantitative estimate of drug-likeness (QED) is 0.322. The molecule has 1 aliphatic rings. The maximum Gasteiger partial charge on any atom is 0.463 e. The predicted octanol–water partition coefficient (Wildman–Crippen LogP) is 6.66. The highest BCUT2D eigenvalue weighted by Gasteiger charge is 2.63. The number of carbonyl (C=O) groups excluding carboxylic acids is 1. The lowest BCUT2D eigenvalue weighted by atomic mass is 9.75. The third-order valence-electron chi connectivity index (χ3n) is 7.11. The summed E-state index contributed by atoms with van der Waals surface area (Å²) in [6.07, 6.45) is -5.23. The van der Waals surface area contributed by atoms with Gasteiger partial charge < -0.3 is 10.6 Å². The molecule has 2 atom stereocenters. The van der Waals surface area contributed by atoms with Crippen LogP contribution >= 0.6 is 0 Å². The van der Waals surface area contributed by atoms with E-state index in [1.165, 1.54) is 12.1 Å². The van der Waals surface area contributed by atoms with Crippen LogP contribution < -0.4 is 10.6 Å². The topological polar surface area (TPSA) is 41.1 Å². The maximum atomic E-state index is 13.9. The van der Waals surface area contributed by atoms with Gasteiger partial charge >= 0.3 is 12.1 Å². The first-order chi connectivity index (χ1) is 18.4. The summed E-state index contributed by atoms with van der Waals surface area (Å²) in [6.45, 7) is 2.87. The van der Waals surface area contributed by atoms with Crippen LogP contribution in [0.2, 0.25) is 0 Å². The average Bonchev–Trinajstić information content (AvgIpc) is 2.87. The Kier molecular flexibility index (Phi) is 8.34. The summed E-state index contributed by atoms with van der Waals surface area (Å²) in [7, 11) is 0. The van der Waals surface area contributed by atoms with Crippen LogP contribution in [0.4, 0.5) is 30.7 Å². The number of aryl methyl sites for hydroxylation is 1. The Morgan fingerprint density at radius 1 is 0.949 bits per heavy atom. The molecule has 1 heterocycles. The van der Waals surface area contributed by atoms with E-state index in [2.05, 4.69) is 5.32 Å². The van der Waals surface area contributed by atoms with E-state index in [0.29, 0.717) is 24.1 Å². The van der Waals surface area contributed by atoms with Crippen molar-refractivity contribution in [1.29, 1.82) is 0 Å². The number of carbonyl (C=O) groups is 1. The number of rotatable bonds is 7. The molecule has 3 aromatic carbocycles. The minimum atomic E-state index is -5.97. The molecule has 1 fully saturated rings. The minimum Gasteiger partial charge on any atom is -0.350 e. The fourth-order valence-corrected chi connectivity index (χ4v) is 5.20. The molecule has 0 saturated carbocycles. The number of nitrogens with one attached hydrogen (secondary N) is 2. The number of hydrogen-bond acceptors (Lipinski definition) is 2. The highest BCUT2D eigenvalue weighted by atomic mass is 19.4. The smallest absolute Gasteiger partial charge is 0.350 e. The van der Waals surface area contributed by atoms with Crippen molar-refractivity contribution in [2.75, 3.05) is 19.6 Å². The Morgan fingerprint density at radius 2 is 1.64 bits per heavy atom. The molecule has 10 heteroatoms. The normalized spacial score (nSPS) is 18.2. The first-order valence-corrected chi connectivity index (χ1v) is 12.5. The molecule has 3 aromatic rings. The third kappa shape index (κ3) is 6.27. The molecule has 1 saturated heterocycles. The highest BCUT2D eigenvalue weighted by Crippen LogP contribution is 2.40. The van der Waals surface area contributed by atoms with Gasteiger partial charge in [0.2, 0.25) is 0 Å². The van der Waals surface area contributed by atoms with Crippen molar-refractivity contribution < 1.29 is 35.5 Å². The zero-order valence-electron chi connectivity index (χ0n) is 21.0. The molecule has 0 spiro atoms. The van der Waals surface area contributed by atoms with Crippen LogP contribution in [0.1, 0.15) is 40.5 Å². The number of halogens is 7. The van der Waals surface area contributed by atoms with Crippen LogP contribution in [-0.4, -0.2) is 37.6 Å². The molecule has 0 aromatic heterocycles. The molecular formula is C29H27F7N2O. The number of piperidine rings is 1. The lowest BCUT2D eigenvalue weighted by Crippen LogP contribution is -2.50. The van der Waals surface area contributed by atoms with Crippen molar-refractivity contribution in [3.05, 3.63) is 94.6 Å². The van der Waals surface area contributed by atoms with Crippen LogP contribution in [-0.2, 0) is 11.2 Å². The van der Waals surface area contributed by atoms with Gasteiger partial charge in [0.05, 0.1) is 0 Å². The van der Waals surface area contributed by atoms with Gasteiger partial charge in [-0.2, -0.15) is 22.0 Å². The Bertz CT molecular complexity index is 1320. The minimum absolute atomic E-state index is 0.0326. The summed E-state index contributed by atoms with van der Waals surface area (Å²) in [5, 5.41) is 5.03. The van der Waals surface area contributed by atoms with E-state index >= 15 is 0 Å². The molecule has 1 amide bonds. The molecule has 3 nitrogen and oxygen atoms in total. The Labute approximate surface area is 221 Å². The Hall–Kier alpha value is -3.40. The van der Waals surface area contributed by atoms with Crippen LogP contribution in [0.3, 0.4) is 0 Å². The van der Waals surface area contributed by atoms with Crippen molar-refractivity contribution in [2.45, 2.75) is 43.7 Å². The van der Waals surface area contributed by atoms with Gasteiger partial charge in [-0.1, -0.05) is 42.5 Å². The molecule has 0 unspecified atom stereocenters. The van der Waals surface area contributed by atoms with Crippen molar-refractivity contribution in [3.63, 3.8) is 0 Å². The van der Waals surface area contributed by atoms with Crippen LogP contribution in [0.25, 0.3) is 11.1 Å². The second-order valence-electron chi connectivity index (χ2n) is 9.72. The monoisotopic (exact) mass is 552 g/mol. The standard InChI is InChI=1S/C29H27F7N2O/c1-17-12-19(24-5-3-2-4-18(24)8-11-38-27(39)28(32,33)29(34,35)36)6-7-23(17)26-16-37-10-9-25(26)20-13-21(30)15-22(31)14-20/h2-7,12-15,25-26,37H,8-11,16H2,1H3,(H,38,39)/t25-,26-/m1/s1. The van der Waals surface area contributed by atoms with Crippen molar-refractivity contribution >= 4 is 5.91 Å². The van der Waals surface area contributed by atoms with Gasteiger partial charge in [-0.05, 0) is 77.7 Å². The average molecular weight is 553 g/mol. The number of amides is 1. The van der Waals surface area contributed by atoms with E-state index in [1.807, 2.05) is 25.1 Å². The van der Waals surface area contributed by atoms with Gasteiger partial charge in [-0.15, -0.1) is 0 Å². The highest BCUT2D eigenvalue weighted by molar-refractivity contribution is 5.84. The molecule has 0 aliphatic carbocycles. The number of benzene rings is 3. The molecule has 208 valence electrons. The Balaban J connectivity index is 1.54. The number of alkyl halides is 5. The second kappa shape index (κ2) is 11.4. The summed E-state index contributed by atoms with van der Waals surface area (Å²) in [6, 6.07) is 16.4. The van der Waals surface area contributed by atoms with Gasteiger partial charge in [0, 0.05) is 25.1 Å². The van der Waals surface area contributed by atoms with E-state index in [9.17, 15) is 35.5 Å². The van der Waals surface area contributed by atoms with Crippen LogP contribution in [0, 0.1) is 18.6 Å². The number of hydrogen-bond donors (Lipinski definition) is 2. The molecule has 2 N–H and O–H groups in total. The van der Waals surface area contributed by atoms with Gasteiger partial charge in [-0.3, -0.25) is 4.79 Å². The molecule has 1 aliphatic heterocycles. The van der Waals surface area contributed by atoms with E-state index in [-0.39, 0.29) is 18.3 Å². The zero-order valence-corrected chi connectivity index (χ0v) is 21.0. The summed E-state index contributed by atoms with van der Waals surface area (Å²) < 4.78 is 91.6. The molecule has 0 radical (unpaired) electrons. The van der Waals surface area contributed by atoms with Gasteiger partial charge in [0.1, 0.15) is 11.6 Å². The zero-order chi connectivity index (χ0) is 28.4. The van der Waals surface area contributed by atoms with Gasteiger partial charge in [0.25, 0.3) is 5.91 Å². The third-order valence-corrected chi connectivity index (χ3v) is 7.11. The molecule has 0 bridgehead atoms. The molecule has 4 rings (SSSR count). The fourth-order valence-electron chi connectivity index (χ4n) is 5.20. The largest absolute Gasteiger partial charge is 0.463 e. The summed E-state index contributed by atoms with van der Waals surface area (Å²) >= 11 is 0. The summed E-state index contributed by atoms with van der Waals surface area (Å²) in [5.41, 5.74) is 4.76. The van der Waals surface area contributed by atoms with E-state index < -0.39 is 36.2 Å². The molecule has 39 heavy (non-hydrogen) atoms. The van der Waals surface area contributed by atoms with Crippen LogP contribution in [0.5, 0.6) is 0 Å².